The van der Waals surface area contributed by atoms with Crippen LogP contribution >= 0.6 is 26.9 Å². The van der Waals surface area contributed by atoms with Gasteiger partial charge < -0.3 is 49.3 Å². The van der Waals surface area contributed by atoms with E-state index in [0.29, 0.717) is 0 Å². The standard InChI is InChI=1S/C25H34N6O18P2S/c1-9(32)41-7-15(43-10(2)33)16-20(44-11(3)34)19(37)17-24(47-25(16,17)46-12(4)35)48-50(38,39)49-51(40,52)42-6-13-5-14(36)23(45-13)31-22-18(29-30-31)21(26)27-8-28-22/h8,13-17,19-20,23-24,36-37H,5-7H2,1-4H3,(H,38,39)(H,40,52)(H2,26,27,28)/t13-,14+,15-,16?,17?,19?,20?,23+,24?,25?,51?/m0/s1. The number of aliphatic hydroxyl groups excluding tert-OH is 2. The number of nitrogens with zero attached hydrogens (tertiary/aromatic N) is 5. The largest absolute Gasteiger partial charge is 0.482 e. The summed E-state index contributed by atoms with van der Waals surface area (Å²) in [7, 11) is -5.51. The maximum Gasteiger partial charge on any atom is 0.482 e. The number of rotatable bonds is 14. The molecule has 0 bridgehead atoms. The number of nitrogen functional groups attached to an aromatic ring is 1. The average Bonchev–Trinajstić information content (AvgIpc) is 3.64. The van der Waals surface area contributed by atoms with Crippen LogP contribution in [0.1, 0.15) is 40.3 Å². The highest BCUT2D eigenvalue weighted by atomic mass is 32.7. The topological polar surface area (TPSA) is 329 Å². The van der Waals surface area contributed by atoms with Crippen LogP contribution in [0.5, 0.6) is 0 Å². The SMILES string of the molecule is CC(=O)OC[C@H](OC(C)=O)C1C(OC(C)=O)C(O)C2C(OP(=O)(O)OP(=O)(S)OC[C@@H]3C[C@@H](O)[C@H](n4nnc5c(N)ncnc54)O3)OC21OC(C)=O. The molecule has 52 heavy (non-hydrogen) atoms. The van der Waals surface area contributed by atoms with Crippen LogP contribution < -0.4 is 5.73 Å². The molecule has 4 heterocycles. The van der Waals surface area contributed by atoms with Gasteiger partial charge in [0.2, 0.25) is 5.79 Å². The van der Waals surface area contributed by atoms with Crippen molar-refractivity contribution in [3.05, 3.63) is 6.33 Å². The number of thiol groups is 1. The molecule has 3 fully saturated rings. The van der Waals surface area contributed by atoms with Gasteiger partial charge in [-0.15, -0.1) is 5.10 Å². The number of hydrogen-bond acceptors (Lipinski definition) is 22. The van der Waals surface area contributed by atoms with E-state index in [9.17, 15) is 43.4 Å². The van der Waals surface area contributed by atoms with Crippen molar-refractivity contribution in [3.63, 3.8) is 0 Å². The van der Waals surface area contributed by atoms with Crippen LogP contribution in [0.3, 0.4) is 0 Å². The zero-order valence-electron chi connectivity index (χ0n) is 27.5. The summed E-state index contributed by atoms with van der Waals surface area (Å²) in [6.45, 7) is -2.10. The summed E-state index contributed by atoms with van der Waals surface area (Å²) < 4.78 is 74.4. The van der Waals surface area contributed by atoms with Gasteiger partial charge in [-0.1, -0.05) is 17.5 Å². The monoisotopic (exact) mass is 800 g/mol. The predicted molar refractivity (Wildman–Crippen MR) is 167 cm³/mol. The first-order valence-corrected chi connectivity index (χ1v) is 19.3. The van der Waals surface area contributed by atoms with E-state index < -0.39 is 112 Å². The van der Waals surface area contributed by atoms with Gasteiger partial charge in [0.1, 0.15) is 49.2 Å². The first-order chi connectivity index (χ1) is 24.2. The van der Waals surface area contributed by atoms with Crippen LogP contribution in [0.15, 0.2) is 6.33 Å². The van der Waals surface area contributed by atoms with Gasteiger partial charge in [-0.2, -0.15) is 8.99 Å². The Bertz CT molecular complexity index is 1820. The number of aromatic nitrogens is 5. The highest BCUT2D eigenvalue weighted by molar-refractivity contribution is 8.45. The van der Waals surface area contributed by atoms with Crippen molar-refractivity contribution in [2.45, 2.75) is 82.9 Å². The Kier molecular flexibility index (Phi) is 11.6. The summed E-state index contributed by atoms with van der Waals surface area (Å²) in [6, 6.07) is 0. The molecular formula is C25H34N6O18P2S. The van der Waals surface area contributed by atoms with E-state index in [1.165, 1.54) is 0 Å². The van der Waals surface area contributed by atoms with E-state index in [1.54, 1.807) is 0 Å². The lowest BCUT2D eigenvalue weighted by atomic mass is 9.85. The molecule has 2 aromatic heterocycles. The lowest BCUT2D eigenvalue weighted by Gasteiger charge is -2.52. The zero-order valence-corrected chi connectivity index (χ0v) is 30.2. The third-order valence-electron chi connectivity index (χ3n) is 7.92. The van der Waals surface area contributed by atoms with E-state index in [1.807, 2.05) is 0 Å². The maximum absolute atomic E-state index is 13.1. The molecular weight excluding hydrogens is 766 g/mol. The second-order valence-corrected chi connectivity index (χ2v) is 16.2. The van der Waals surface area contributed by atoms with Crippen molar-refractivity contribution in [1.82, 2.24) is 25.0 Å². The molecule has 24 nitrogen and oxygen atoms in total. The molecule has 8 unspecified atom stereocenters. The molecule has 12 atom stereocenters. The van der Waals surface area contributed by atoms with Gasteiger partial charge in [0.15, 0.2) is 29.5 Å². The van der Waals surface area contributed by atoms with E-state index in [0.717, 1.165) is 38.7 Å². The lowest BCUT2D eigenvalue weighted by molar-refractivity contribution is -0.426. The predicted octanol–water partition coefficient (Wildman–Crippen LogP) is -0.711. The fraction of sp³-hybridized carbons (Fsp3) is 0.680. The Morgan fingerprint density at radius 2 is 1.83 bits per heavy atom. The van der Waals surface area contributed by atoms with Crippen molar-refractivity contribution in [2.75, 3.05) is 18.9 Å². The van der Waals surface area contributed by atoms with Gasteiger partial charge in [-0.05, 0) is 0 Å². The van der Waals surface area contributed by atoms with Gasteiger partial charge in [0.25, 0.3) is 0 Å². The smallest absolute Gasteiger partial charge is 0.462 e. The minimum absolute atomic E-state index is 0.0359. The summed E-state index contributed by atoms with van der Waals surface area (Å²) in [4.78, 5) is 66.3. The summed E-state index contributed by atoms with van der Waals surface area (Å²) in [6.07, 6.45) is -9.41. The molecule has 2 saturated heterocycles. The van der Waals surface area contributed by atoms with Crippen molar-refractivity contribution >= 4 is 67.7 Å². The summed E-state index contributed by atoms with van der Waals surface area (Å²) in [5.41, 5.74) is 6.07. The number of fused-ring (bicyclic) bond motifs is 2. The quantitative estimate of drug-likeness (QED) is 0.0682. The minimum atomic E-state index is -5.51. The van der Waals surface area contributed by atoms with Crippen LogP contribution in [0.2, 0.25) is 0 Å². The third kappa shape index (κ3) is 8.39. The Balaban J connectivity index is 1.28. The molecule has 0 amide bonds. The summed E-state index contributed by atoms with van der Waals surface area (Å²) in [5, 5.41) is 29.6. The van der Waals surface area contributed by atoms with Crippen molar-refractivity contribution in [1.29, 1.82) is 0 Å². The summed E-state index contributed by atoms with van der Waals surface area (Å²) >= 11 is 3.72. The molecule has 5 rings (SSSR count). The number of nitrogens with two attached hydrogens (primary N) is 1. The molecule has 1 saturated carbocycles. The van der Waals surface area contributed by atoms with E-state index in [-0.39, 0.29) is 23.4 Å². The van der Waals surface area contributed by atoms with Gasteiger partial charge in [-0.25, -0.2) is 19.1 Å². The second kappa shape index (κ2) is 15.2. The van der Waals surface area contributed by atoms with Gasteiger partial charge in [-0.3, -0.25) is 28.2 Å². The number of aliphatic hydroxyl groups is 2. The first kappa shape index (κ1) is 39.8. The molecule has 2 aliphatic heterocycles. The highest BCUT2D eigenvalue weighted by Gasteiger charge is 2.78. The molecule has 5 N–H and O–H groups in total. The van der Waals surface area contributed by atoms with Crippen LogP contribution in [-0.2, 0) is 70.1 Å². The number of esters is 4. The Labute approximate surface area is 297 Å². The third-order valence-corrected chi connectivity index (χ3v) is 11.5. The Morgan fingerprint density at radius 3 is 2.46 bits per heavy atom. The molecule has 0 radical (unpaired) electrons. The number of anilines is 1. The number of carbonyl (C=O) groups excluding carboxylic acids is 4. The van der Waals surface area contributed by atoms with Crippen LogP contribution in [-0.4, -0.2) is 120 Å². The molecule has 3 aliphatic rings. The zero-order chi connectivity index (χ0) is 38.3. The van der Waals surface area contributed by atoms with Crippen molar-refractivity contribution in [3.8, 4) is 0 Å². The average molecular weight is 801 g/mol. The molecule has 27 heteroatoms. The Hall–Kier alpha value is -3.35. The number of ether oxygens (including phenoxy) is 6. The highest BCUT2D eigenvalue weighted by Crippen LogP contribution is 2.68. The van der Waals surface area contributed by atoms with Gasteiger partial charge in [0.05, 0.1) is 12.7 Å². The number of carbonyl (C=O) groups is 4. The molecule has 288 valence electrons. The fourth-order valence-corrected chi connectivity index (χ4v) is 9.40. The normalized spacial score (nSPS) is 32.5. The van der Waals surface area contributed by atoms with Gasteiger partial charge in [0, 0.05) is 34.1 Å². The second-order valence-electron chi connectivity index (χ2n) is 11.7. The van der Waals surface area contributed by atoms with Crippen molar-refractivity contribution in [2.24, 2.45) is 11.8 Å². The fourth-order valence-electron chi connectivity index (χ4n) is 6.19. The van der Waals surface area contributed by atoms with E-state index in [4.69, 9.17) is 47.5 Å². The minimum Gasteiger partial charge on any atom is -0.462 e. The molecule has 1 aliphatic carbocycles. The maximum atomic E-state index is 13.1. The molecule has 0 spiro atoms. The van der Waals surface area contributed by atoms with Crippen LogP contribution in [0.25, 0.3) is 11.2 Å². The molecule has 2 aromatic rings. The number of phosphoric acid groups is 1. The van der Waals surface area contributed by atoms with Crippen LogP contribution in [0.4, 0.5) is 5.82 Å². The first-order valence-electron chi connectivity index (χ1n) is 15.1. The molecule has 0 aromatic carbocycles. The number of hydrogen-bond donors (Lipinski definition) is 5. The van der Waals surface area contributed by atoms with Gasteiger partial charge >= 0.3 is 38.5 Å². The van der Waals surface area contributed by atoms with Crippen LogP contribution in [0, 0.1) is 11.8 Å². The lowest BCUT2D eigenvalue weighted by Crippen LogP contribution is -2.67. The van der Waals surface area contributed by atoms with E-state index in [2.05, 4.69) is 32.5 Å². The number of phosphoric ester groups is 1. The van der Waals surface area contributed by atoms with Crippen molar-refractivity contribution < 1.29 is 85.2 Å². The van der Waals surface area contributed by atoms with E-state index >= 15 is 0 Å². The Morgan fingerprint density at radius 1 is 1.12 bits per heavy atom. The summed E-state index contributed by atoms with van der Waals surface area (Å²) in [5.74, 6) is -9.27.